The van der Waals surface area contributed by atoms with Crippen molar-refractivity contribution in [2.24, 2.45) is 11.8 Å². The Hall–Kier alpha value is -2.90. The average Bonchev–Trinajstić information content (AvgIpc) is 3.01. The maximum atomic E-state index is 13.5. The van der Waals surface area contributed by atoms with Gasteiger partial charge in [0.25, 0.3) is 5.69 Å². The summed E-state index contributed by atoms with van der Waals surface area (Å²) in [6, 6.07) is 2.74. The van der Waals surface area contributed by atoms with Crippen LogP contribution in [0.2, 0.25) is 0 Å². The van der Waals surface area contributed by atoms with Crippen LogP contribution in [0.4, 0.5) is 10.1 Å². The number of nitro benzene ring substituents is 1. The van der Waals surface area contributed by atoms with Crippen LogP contribution in [0.15, 0.2) is 30.4 Å². The monoisotopic (exact) mass is 405 g/mol. The normalized spacial score (nSPS) is 19.0. The minimum absolute atomic E-state index is 0.0889. The standard InChI is InChI=1S/C21H24FNO6/c22-16-11-15(12-17(13-16)23(28)29)19(24)9-7-14-8-10-20(25)18(14)5-3-1-2-4-6-21(26)27/h7,9,11-14,18H,1-6,8,10H2,(H,26,27). The second-order valence-corrected chi connectivity index (χ2v) is 7.30. The Labute approximate surface area is 167 Å². The fourth-order valence-electron chi connectivity index (χ4n) is 3.66. The molecule has 1 saturated carbocycles. The molecule has 2 atom stereocenters. The number of aliphatic carboxylic acids is 1. The molecule has 156 valence electrons. The van der Waals surface area contributed by atoms with Crippen LogP contribution in [0.3, 0.4) is 0 Å². The molecule has 0 heterocycles. The van der Waals surface area contributed by atoms with Gasteiger partial charge in [-0.3, -0.25) is 24.5 Å². The highest BCUT2D eigenvalue weighted by molar-refractivity contribution is 6.05. The molecular weight excluding hydrogens is 381 g/mol. The molecule has 2 unspecified atom stereocenters. The van der Waals surface area contributed by atoms with Gasteiger partial charge >= 0.3 is 5.97 Å². The van der Waals surface area contributed by atoms with Gasteiger partial charge < -0.3 is 5.11 Å². The number of carboxylic acids is 1. The summed E-state index contributed by atoms with van der Waals surface area (Å²) in [7, 11) is 0. The number of ketones is 2. The number of rotatable bonds is 11. The van der Waals surface area contributed by atoms with Crippen LogP contribution in [0, 0.1) is 27.8 Å². The van der Waals surface area contributed by atoms with Crippen LogP contribution in [-0.2, 0) is 9.59 Å². The van der Waals surface area contributed by atoms with Crippen molar-refractivity contribution < 1.29 is 28.8 Å². The molecule has 0 aliphatic heterocycles. The fourth-order valence-corrected chi connectivity index (χ4v) is 3.66. The minimum atomic E-state index is -0.854. The number of carboxylic acid groups (broad SMARTS) is 1. The van der Waals surface area contributed by atoms with Gasteiger partial charge in [0, 0.05) is 30.4 Å². The van der Waals surface area contributed by atoms with E-state index in [4.69, 9.17) is 5.11 Å². The Bertz CT molecular complexity index is 819. The summed E-state index contributed by atoms with van der Waals surface area (Å²) in [4.78, 5) is 45.0. The molecule has 1 aromatic rings. The largest absolute Gasteiger partial charge is 0.481 e. The Morgan fingerprint density at radius 3 is 2.62 bits per heavy atom. The predicted octanol–water partition coefficient (Wildman–Crippen LogP) is 4.49. The van der Waals surface area contributed by atoms with E-state index in [9.17, 15) is 28.9 Å². The molecule has 8 heteroatoms. The maximum Gasteiger partial charge on any atom is 0.303 e. The highest BCUT2D eigenvalue weighted by atomic mass is 19.1. The number of allylic oxidation sites excluding steroid dienone is 2. The van der Waals surface area contributed by atoms with Gasteiger partial charge in [-0.15, -0.1) is 0 Å². The zero-order chi connectivity index (χ0) is 21.4. The average molecular weight is 405 g/mol. The van der Waals surface area contributed by atoms with E-state index in [1.165, 1.54) is 6.08 Å². The van der Waals surface area contributed by atoms with E-state index in [0.29, 0.717) is 25.7 Å². The number of hydrogen-bond acceptors (Lipinski definition) is 5. The van der Waals surface area contributed by atoms with Crippen LogP contribution in [0.25, 0.3) is 0 Å². The number of nitrogens with zero attached hydrogens (tertiary/aromatic N) is 1. The van der Waals surface area contributed by atoms with Crippen molar-refractivity contribution in [3.63, 3.8) is 0 Å². The summed E-state index contributed by atoms with van der Waals surface area (Å²) in [5.74, 6) is -2.32. The van der Waals surface area contributed by atoms with Crippen molar-refractivity contribution in [2.45, 2.75) is 51.4 Å². The minimum Gasteiger partial charge on any atom is -0.481 e. The first-order chi connectivity index (χ1) is 13.8. The first kappa shape index (κ1) is 22.4. The number of hydrogen-bond donors (Lipinski definition) is 1. The quantitative estimate of drug-likeness (QED) is 0.191. The first-order valence-electron chi connectivity index (χ1n) is 9.70. The summed E-state index contributed by atoms with van der Waals surface area (Å²) in [5, 5.41) is 19.4. The number of nitro groups is 1. The molecule has 0 aromatic heterocycles. The lowest BCUT2D eigenvalue weighted by molar-refractivity contribution is -0.385. The van der Waals surface area contributed by atoms with Gasteiger partial charge in [-0.05, 0) is 37.3 Å². The molecule has 1 aliphatic carbocycles. The number of Topliss-reactive ketones (excluding diaryl/α,β-unsaturated/α-hetero) is 1. The third kappa shape index (κ3) is 6.89. The summed E-state index contributed by atoms with van der Waals surface area (Å²) >= 11 is 0. The van der Waals surface area contributed by atoms with Crippen molar-refractivity contribution in [2.75, 3.05) is 0 Å². The lowest BCUT2D eigenvalue weighted by Gasteiger charge is -2.14. The second kappa shape index (κ2) is 10.6. The third-order valence-electron chi connectivity index (χ3n) is 5.18. The van der Waals surface area contributed by atoms with Crippen molar-refractivity contribution in [1.82, 2.24) is 0 Å². The van der Waals surface area contributed by atoms with E-state index in [1.54, 1.807) is 6.08 Å². The molecule has 0 spiro atoms. The van der Waals surface area contributed by atoms with Crippen LogP contribution in [-0.4, -0.2) is 27.6 Å². The van der Waals surface area contributed by atoms with Crippen molar-refractivity contribution in [3.8, 4) is 0 Å². The number of benzene rings is 1. The summed E-state index contributed by atoms with van der Waals surface area (Å²) in [6.07, 6.45) is 7.89. The van der Waals surface area contributed by atoms with Gasteiger partial charge in [0.1, 0.15) is 11.6 Å². The zero-order valence-corrected chi connectivity index (χ0v) is 16.0. The number of carbonyl (C=O) groups excluding carboxylic acids is 2. The van der Waals surface area contributed by atoms with E-state index in [-0.39, 0.29) is 29.6 Å². The van der Waals surface area contributed by atoms with Gasteiger partial charge in [0.15, 0.2) is 5.78 Å². The zero-order valence-electron chi connectivity index (χ0n) is 16.0. The van der Waals surface area contributed by atoms with Gasteiger partial charge in [-0.2, -0.15) is 0 Å². The van der Waals surface area contributed by atoms with Crippen LogP contribution >= 0.6 is 0 Å². The molecule has 1 aliphatic rings. The molecule has 2 rings (SSSR count). The Kier molecular flexibility index (Phi) is 8.18. The van der Waals surface area contributed by atoms with E-state index in [1.807, 2.05) is 0 Å². The van der Waals surface area contributed by atoms with Crippen LogP contribution < -0.4 is 0 Å². The van der Waals surface area contributed by atoms with E-state index < -0.39 is 28.2 Å². The summed E-state index contributed by atoms with van der Waals surface area (Å²) < 4.78 is 13.5. The van der Waals surface area contributed by atoms with E-state index in [2.05, 4.69) is 0 Å². The van der Waals surface area contributed by atoms with Gasteiger partial charge in [0.05, 0.1) is 11.0 Å². The third-order valence-corrected chi connectivity index (χ3v) is 5.18. The first-order valence-corrected chi connectivity index (χ1v) is 9.70. The van der Waals surface area contributed by atoms with E-state index in [0.717, 1.165) is 37.5 Å². The molecule has 7 nitrogen and oxygen atoms in total. The van der Waals surface area contributed by atoms with Crippen LogP contribution in [0.1, 0.15) is 61.7 Å². The fraction of sp³-hybridized carbons (Fsp3) is 0.476. The molecule has 1 aromatic carbocycles. The Morgan fingerprint density at radius 1 is 1.21 bits per heavy atom. The molecule has 1 N–H and O–H groups in total. The van der Waals surface area contributed by atoms with Gasteiger partial charge in [-0.25, -0.2) is 4.39 Å². The van der Waals surface area contributed by atoms with Gasteiger partial charge in [0.2, 0.25) is 0 Å². The number of carbonyl (C=O) groups is 3. The smallest absolute Gasteiger partial charge is 0.303 e. The molecule has 0 bridgehead atoms. The highest BCUT2D eigenvalue weighted by Gasteiger charge is 2.32. The maximum absolute atomic E-state index is 13.5. The summed E-state index contributed by atoms with van der Waals surface area (Å²) in [6.45, 7) is 0. The molecular formula is C21H24FNO6. The SMILES string of the molecule is O=C(O)CCCCCCC1C(=O)CCC1C=CC(=O)c1cc(F)cc([N+](=O)[O-])c1. The molecule has 1 fully saturated rings. The van der Waals surface area contributed by atoms with Gasteiger partial charge in [-0.1, -0.05) is 25.3 Å². The van der Waals surface area contributed by atoms with Crippen LogP contribution in [0.5, 0.6) is 0 Å². The molecule has 29 heavy (non-hydrogen) atoms. The molecule has 0 saturated heterocycles. The molecule has 0 radical (unpaired) electrons. The van der Waals surface area contributed by atoms with Crippen molar-refractivity contribution in [1.29, 1.82) is 0 Å². The number of unbranched alkanes of at least 4 members (excludes halogenated alkanes) is 3. The number of halogens is 1. The van der Waals surface area contributed by atoms with Crippen molar-refractivity contribution in [3.05, 3.63) is 51.8 Å². The number of non-ortho nitro benzene ring substituents is 1. The van der Waals surface area contributed by atoms with E-state index >= 15 is 0 Å². The Balaban J connectivity index is 1.92. The predicted molar refractivity (Wildman–Crippen MR) is 103 cm³/mol. The van der Waals surface area contributed by atoms with Crippen molar-refractivity contribution >= 4 is 23.2 Å². The second-order valence-electron chi connectivity index (χ2n) is 7.30. The Morgan fingerprint density at radius 2 is 1.93 bits per heavy atom. The lowest BCUT2D eigenvalue weighted by Crippen LogP contribution is -2.13. The lowest BCUT2D eigenvalue weighted by atomic mass is 9.89. The topological polar surface area (TPSA) is 115 Å². The highest BCUT2D eigenvalue weighted by Crippen LogP contribution is 2.34. The summed E-state index contributed by atoms with van der Waals surface area (Å²) in [5.41, 5.74) is -0.592. The molecule has 0 amide bonds.